The maximum absolute atomic E-state index is 12.5. The van der Waals surface area contributed by atoms with E-state index in [-0.39, 0.29) is 18.1 Å². The van der Waals surface area contributed by atoms with Gasteiger partial charge in [-0.15, -0.1) is 0 Å². The predicted molar refractivity (Wildman–Crippen MR) is 105 cm³/mol. The van der Waals surface area contributed by atoms with Crippen molar-refractivity contribution in [1.29, 1.82) is 0 Å². The zero-order valence-electron chi connectivity index (χ0n) is 15.1. The largest absolute Gasteiger partial charge is 0.490 e. The molecule has 0 aliphatic carbocycles. The number of nitrogens with one attached hydrogen (secondary N) is 1. The quantitative estimate of drug-likeness (QED) is 0.633. The second-order valence-electron chi connectivity index (χ2n) is 5.58. The molecule has 0 radical (unpaired) electrons. The van der Waals surface area contributed by atoms with Crippen molar-refractivity contribution >= 4 is 33.3 Å². The molecule has 1 N–H and O–H groups in total. The van der Waals surface area contributed by atoms with E-state index in [1.165, 1.54) is 6.92 Å². The molecular formula is C20H22BrNO4. The van der Waals surface area contributed by atoms with Crippen LogP contribution in [0.15, 0.2) is 40.9 Å². The summed E-state index contributed by atoms with van der Waals surface area (Å²) in [5.74, 6) is 0.921. The molecule has 0 heterocycles. The first-order valence-electron chi connectivity index (χ1n) is 8.44. The van der Waals surface area contributed by atoms with Gasteiger partial charge in [0.25, 0.3) is 0 Å². The van der Waals surface area contributed by atoms with E-state index < -0.39 is 0 Å². The van der Waals surface area contributed by atoms with Crippen LogP contribution >= 0.6 is 15.9 Å². The third-order valence-electron chi connectivity index (χ3n) is 3.64. The minimum Gasteiger partial charge on any atom is -0.490 e. The second-order valence-corrected chi connectivity index (χ2v) is 6.44. The number of benzene rings is 2. The number of halogens is 1. The van der Waals surface area contributed by atoms with Gasteiger partial charge in [0.15, 0.2) is 17.3 Å². The van der Waals surface area contributed by atoms with Crippen LogP contribution in [0, 0.1) is 0 Å². The molecule has 2 rings (SSSR count). The van der Waals surface area contributed by atoms with Crippen molar-refractivity contribution in [2.24, 2.45) is 0 Å². The Morgan fingerprint density at radius 3 is 2.27 bits per heavy atom. The Balaban J connectivity index is 2.21. The average molecular weight is 420 g/mol. The number of ketones is 1. The molecule has 26 heavy (non-hydrogen) atoms. The predicted octanol–water partition coefficient (Wildman–Crippen LogP) is 4.63. The van der Waals surface area contributed by atoms with E-state index in [0.717, 1.165) is 10.0 Å². The van der Waals surface area contributed by atoms with E-state index in [0.29, 0.717) is 36.0 Å². The van der Waals surface area contributed by atoms with E-state index in [1.807, 2.05) is 13.8 Å². The minimum absolute atomic E-state index is 0.0956. The van der Waals surface area contributed by atoms with Gasteiger partial charge in [0.1, 0.15) is 0 Å². The first-order valence-corrected chi connectivity index (χ1v) is 9.23. The number of rotatable bonds is 8. The summed E-state index contributed by atoms with van der Waals surface area (Å²) in [6.45, 7) is 6.29. The third kappa shape index (κ3) is 5.08. The SMILES string of the molecule is CCOc1cc(Br)c(CC(=O)Nc2ccccc2C(C)=O)cc1OCC. The molecule has 0 aliphatic heterocycles. The molecule has 0 aromatic heterocycles. The molecule has 0 unspecified atom stereocenters. The summed E-state index contributed by atoms with van der Waals surface area (Å²) >= 11 is 3.48. The number of carbonyl (C=O) groups is 2. The number of ether oxygens (including phenoxy) is 2. The molecular weight excluding hydrogens is 398 g/mol. The number of carbonyl (C=O) groups excluding carboxylic acids is 2. The number of hydrogen-bond acceptors (Lipinski definition) is 4. The molecule has 2 aromatic rings. The van der Waals surface area contributed by atoms with Crippen LogP contribution in [0.5, 0.6) is 11.5 Å². The highest BCUT2D eigenvalue weighted by Gasteiger charge is 2.15. The molecule has 2 aromatic carbocycles. The fourth-order valence-corrected chi connectivity index (χ4v) is 2.98. The molecule has 0 spiro atoms. The van der Waals surface area contributed by atoms with Crippen LogP contribution in [0.1, 0.15) is 36.7 Å². The molecule has 0 atom stereocenters. The summed E-state index contributed by atoms with van der Waals surface area (Å²) in [4.78, 5) is 24.2. The summed E-state index contributed by atoms with van der Waals surface area (Å²) in [5.41, 5.74) is 1.77. The molecule has 1 amide bonds. The molecule has 5 nitrogen and oxygen atoms in total. The van der Waals surface area contributed by atoms with Crippen molar-refractivity contribution in [1.82, 2.24) is 0 Å². The summed E-state index contributed by atoms with van der Waals surface area (Å²) in [6, 6.07) is 10.6. The molecule has 0 saturated heterocycles. The van der Waals surface area contributed by atoms with Gasteiger partial charge >= 0.3 is 0 Å². The maximum atomic E-state index is 12.5. The highest BCUT2D eigenvalue weighted by molar-refractivity contribution is 9.10. The smallest absolute Gasteiger partial charge is 0.228 e. The lowest BCUT2D eigenvalue weighted by molar-refractivity contribution is -0.115. The standard InChI is InChI=1S/C20H22BrNO4/c1-4-25-18-10-14(16(21)12-19(18)26-5-2)11-20(24)22-17-9-7-6-8-15(17)13(3)23/h6-10,12H,4-5,11H2,1-3H3,(H,22,24). The van der Waals surface area contributed by atoms with Crippen molar-refractivity contribution in [3.05, 3.63) is 52.0 Å². The van der Waals surface area contributed by atoms with Gasteiger partial charge in [-0.05, 0) is 50.6 Å². The Morgan fingerprint density at radius 2 is 1.65 bits per heavy atom. The van der Waals surface area contributed by atoms with Crippen molar-refractivity contribution < 1.29 is 19.1 Å². The monoisotopic (exact) mass is 419 g/mol. The van der Waals surface area contributed by atoms with Crippen LogP contribution in [0.3, 0.4) is 0 Å². The van der Waals surface area contributed by atoms with Gasteiger partial charge in [-0.2, -0.15) is 0 Å². The van der Waals surface area contributed by atoms with Gasteiger partial charge in [-0.3, -0.25) is 9.59 Å². The third-order valence-corrected chi connectivity index (χ3v) is 4.38. The average Bonchev–Trinajstić information content (AvgIpc) is 2.59. The highest BCUT2D eigenvalue weighted by atomic mass is 79.9. The fourth-order valence-electron chi connectivity index (χ4n) is 2.52. The number of hydrogen-bond donors (Lipinski definition) is 1. The number of anilines is 1. The normalized spacial score (nSPS) is 10.3. The van der Waals surface area contributed by atoms with E-state index in [2.05, 4.69) is 21.2 Å². The Kier molecular flexibility index (Phi) is 7.21. The van der Waals surface area contributed by atoms with Crippen molar-refractivity contribution in [3.8, 4) is 11.5 Å². The van der Waals surface area contributed by atoms with Crippen molar-refractivity contribution in [2.45, 2.75) is 27.2 Å². The Labute approximate surface area is 161 Å². The van der Waals surface area contributed by atoms with Gasteiger partial charge in [-0.1, -0.05) is 28.1 Å². The van der Waals surface area contributed by atoms with Crippen LogP contribution in [0.25, 0.3) is 0 Å². The molecule has 0 bridgehead atoms. The summed E-state index contributed by atoms with van der Waals surface area (Å²) in [7, 11) is 0. The molecule has 0 fully saturated rings. The lowest BCUT2D eigenvalue weighted by atomic mass is 10.1. The van der Waals surface area contributed by atoms with Crippen LogP contribution in [0.2, 0.25) is 0 Å². The van der Waals surface area contributed by atoms with E-state index >= 15 is 0 Å². The molecule has 0 aliphatic rings. The van der Waals surface area contributed by atoms with E-state index in [1.54, 1.807) is 36.4 Å². The number of Topliss-reactive ketones (excluding diaryl/α,β-unsaturated/α-hetero) is 1. The Bertz CT molecular complexity index is 804. The summed E-state index contributed by atoms with van der Waals surface area (Å²) in [5, 5.41) is 2.81. The van der Waals surface area contributed by atoms with Crippen molar-refractivity contribution in [3.63, 3.8) is 0 Å². The zero-order chi connectivity index (χ0) is 19.1. The first kappa shape index (κ1) is 20.0. The van der Waals surface area contributed by atoms with Gasteiger partial charge in [0, 0.05) is 10.0 Å². The van der Waals surface area contributed by atoms with Crippen molar-refractivity contribution in [2.75, 3.05) is 18.5 Å². The van der Waals surface area contributed by atoms with Gasteiger partial charge in [0.05, 0.1) is 25.3 Å². The van der Waals surface area contributed by atoms with Crippen LogP contribution in [-0.2, 0) is 11.2 Å². The minimum atomic E-state index is -0.217. The first-order chi connectivity index (χ1) is 12.5. The lowest BCUT2D eigenvalue weighted by Crippen LogP contribution is -2.16. The van der Waals surface area contributed by atoms with E-state index in [4.69, 9.17) is 9.47 Å². The maximum Gasteiger partial charge on any atom is 0.228 e. The second kappa shape index (κ2) is 9.38. The Morgan fingerprint density at radius 1 is 1.04 bits per heavy atom. The summed E-state index contributed by atoms with van der Waals surface area (Å²) < 4.78 is 12.0. The zero-order valence-corrected chi connectivity index (χ0v) is 16.7. The topological polar surface area (TPSA) is 64.6 Å². The molecule has 138 valence electrons. The Hall–Kier alpha value is -2.34. The summed E-state index contributed by atoms with van der Waals surface area (Å²) in [6.07, 6.45) is 0.138. The van der Waals surface area contributed by atoms with E-state index in [9.17, 15) is 9.59 Å². The van der Waals surface area contributed by atoms with Gasteiger partial charge in [0.2, 0.25) is 5.91 Å². The van der Waals surface area contributed by atoms with Gasteiger partial charge < -0.3 is 14.8 Å². The molecule has 0 saturated carbocycles. The van der Waals surface area contributed by atoms with Crippen LogP contribution < -0.4 is 14.8 Å². The number of para-hydroxylation sites is 1. The highest BCUT2D eigenvalue weighted by Crippen LogP contribution is 2.34. The van der Waals surface area contributed by atoms with Gasteiger partial charge in [-0.25, -0.2) is 0 Å². The molecule has 6 heteroatoms. The van der Waals surface area contributed by atoms with Crippen LogP contribution in [-0.4, -0.2) is 24.9 Å². The van der Waals surface area contributed by atoms with Crippen LogP contribution in [0.4, 0.5) is 5.69 Å². The lowest BCUT2D eigenvalue weighted by Gasteiger charge is -2.14. The number of amides is 1. The fraction of sp³-hybridized carbons (Fsp3) is 0.300.